The van der Waals surface area contributed by atoms with Crippen molar-refractivity contribution < 1.29 is 18.1 Å². The molecule has 1 amide bonds. The zero-order valence-electron chi connectivity index (χ0n) is 14.5. The van der Waals surface area contributed by atoms with Crippen molar-refractivity contribution in [3.05, 3.63) is 68.2 Å². The number of carbonyl (C=O) groups is 1. The van der Waals surface area contributed by atoms with Crippen LogP contribution in [0.25, 0.3) is 0 Å². The van der Waals surface area contributed by atoms with Crippen molar-refractivity contribution in [2.45, 2.75) is 30.3 Å². The number of halogens is 1. The van der Waals surface area contributed by atoms with Crippen LogP contribution in [0.4, 0.5) is 5.69 Å². The zero-order valence-corrected chi connectivity index (χ0v) is 16.9. The Hall–Kier alpha value is -2.26. The fourth-order valence-corrected chi connectivity index (χ4v) is 3.90. The molecule has 0 heterocycles. The lowest BCUT2D eigenvalue weighted by molar-refractivity contribution is -0.385. The fraction of sp³-hybridized carbons (Fsp3) is 0.278. The predicted octanol–water partition coefficient (Wildman–Crippen LogP) is 3.57. The van der Waals surface area contributed by atoms with Crippen molar-refractivity contribution in [1.29, 1.82) is 0 Å². The van der Waals surface area contributed by atoms with Gasteiger partial charge in [0.1, 0.15) is 0 Å². The highest BCUT2D eigenvalue weighted by atomic mass is 79.9. The van der Waals surface area contributed by atoms with Crippen LogP contribution in [0.5, 0.6) is 0 Å². The first-order chi connectivity index (χ1) is 12.6. The second-order valence-corrected chi connectivity index (χ2v) is 9.47. The molecule has 0 aromatic heterocycles. The highest BCUT2D eigenvalue weighted by Crippen LogP contribution is 2.31. The Balaban J connectivity index is 1.99. The van der Waals surface area contributed by atoms with Crippen LogP contribution in [0, 0.1) is 10.1 Å². The molecule has 0 bridgehead atoms. The van der Waals surface area contributed by atoms with Crippen LogP contribution in [-0.4, -0.2) is 36.4 Å². The number of rotatable bonds is 6. The summed E-state index contributed by atoms with van der Waals surface area (Å²) >= 11 is 3.40. The van der Waals surface area contributed by atoms with Gasteiger partial charge in [0, 0.05) is 41.0 Å². The van der Waals surface area contributed by atoms with Crippen molar-refractivity contribution in [1.82, 2.24) is 4.90 Å². The highest BCUT2D eigenvalue weighted by Gasteiger charge is 2.34. The molecule has 7 nitrogen and oxygen atoms in total. The molecule has 1 aliphatic rings. The Bertz CT molecular complexity index is 1020. The van der Waals surface area contributed by atoms with E-state index in [9.17, 15) is 23.3 Å². The van der Waals surface area contributed by atoms with Gasteiger partial charge in [0.2, 0.25) is 0 Å². The monoisotopic (exact) mass is 452 g/mol. The molecule has 0 N–H and O–H groups in total. The Morgan fingerprint density at radius 3 is 2.52 bits per heavy atom. The summed E-state index contributed by atoms with van der Waals surface area (Å²) in [5.41, 5.74) is 0.504. The molecule has 9 heteroatoms. The molecular formula is C18H17BrN2O5S. The molecule has 1 fully saturated rings. The topological polar surface area (TPSA) is 97.6 Å². The van der Waals surface area contributed by atoms with Crippen LogP contribution in [0.1, 0.15) is 28.8 Å². The number of amides is 1. The summed E-state index contributed by atoms with van der Waals surface area (Å²) < 4.78 is 24.6. The van der Waals surface area contributed by atoms with Gasteiger partial charge in [0.25, 0.3) is 11.6 Å². The quantitative estimate of drug-likeness (QED) is 0.492. The van der Waals surface area contributed by atoms with Gasteiger partial charge >= 0.3 is 0 Å². The second-order valence-electron chi connectivity index (χ2n) is 6.54. The number of hydrogen-bond donors (Lipinski definition) is 0. The maximum absolute atomic E-state index is 13.1. The number of nitrogens with zero attached hydrogens (tertiary/aromatic N) is 2. The van der Waals surface area contributed by atoms with Crippen molar-refractivity contribution in [3.63, 3.8) is 0 Å². The van der Waals surface area contributed by atoms with Crippen molar-refractivity contribution in [2.75, 3.05) is 6.26 Å². The van der Waals surface area contributed by atoms with Crippen LogP contribution in [0.3, 0.4) is 0 Å². The summed E-state index contributed by atoms with van der Waals surface area (Å²) in [6.45, 7) is 0.347. The molecule has 0 aliphatic heterocycles. The molecule has 1 aliphatic carbocycles. The summed E-state index contributed by atoms with van der Waals surface area (Å²) in [5.74, 6) is -0.411. The van der Waals surface area contributed by atoms with E-state index in [2.05, 4.69) is 15.9 Å². The molecule has 0 unspecified atom stereocenters. The summed E-state index contributed by atoms with van der Waals surface area (Å²) in [6.07, 6.45) is 2.67. The number of non-ortho nitro benzene ring substituents is 1. The second kappa shape index (κ2) is 7.40. The minimum Gasteiger partial charge on any atom is -0.331 e. The van der Waals surface area contributed by atoms with E-state index < -0.39 is 26.4 Å². The van der Waals surface area contributed by atoms with E-state index in [0.29, 0.717) is 6.54 Å². The summed E-state index contributed by atoms with van der Waals surface area (Å²) in [7, 11) is -3.69. The molecule has 0 atom stereocenters. The summed E-state index contributed by atoms with van der Waals surface area (Å²) in [5, 5.41) is 11.2. The highest BCUT2D eigenvalue weighted by molar-refractivity contribution is 9.10. The molecule has 1 saturated carbocycles. The lowest BCUT2D eigenvalue weighted by Crippen LogP contribution is -2.32. The van der Waals surface area contributed by atoms with Gasteiger partial charge < -0.3 is 4.90 Å². The zero-order chi connectivity index (χ0) is 19.8. The SMILES string of the molecule is CS(=O)(=O)c1cc(C(=O)N(Cc2cccc(Br)c2)C2CC2)cc([N+](=O)[O-])c1. The smallest absolute Gasteiger partial charge is 0.271 e. The molecule has 142 valence electrons. The Kier molecular flexibility index (Phi) is 5.34. The first-order valence-corrected chi connectivity index (χ1v) is 10.9. The van der Waals surface area contributed by atoms with E-state index in [4.69, 9.17) is 0 Å². The number of benzene rings is 2. The largest absolute Gasteiger partial charge is 0.331 e. The lowest BCUT2D eigenvalue weighted by Gasteiger charge is -2.23. The number of nitro groups is 1. The standard InChI is InChI=1S/C18H17BrN2O5S/c1-27(25,26)17-9-13(8-16(10-17)21(23)24)18(22)20(15-5-6-15)11-12-3-2-4-14(19)7-12/h2-4,7-10,15H,5-6,11H2,1H3. The van der Waals surface area contributed by atoms with Crippen LogP contribution in [0.2, 0.25) is 0 Å². The van der Waals surface area contributed by atoms with Crippen LogP contribution < -0.4 is 0 Å². The average Bonchev–Trinajstić information content (AvgIpc) is 3.43. The number of sulfone groups is 1. The number of hydrogen-bond acceptors (Lipinski definition) is 5. The molecule has 27 heavy (non-hydrogen) atoms. The Labute approximate surface area is 165 Å². The molecule has 0 saturated heterocycles. The minimum atomic E-state index is -3.69. The number of nitro benzene ring substituents is 1. The van der Waals surface area contributed by atoms with Gasteiger partial charge in [-0.2, -0.15) is 0 Å². The third-order valence-corrected chi connectivity index (χ3v) is 5.85. The van der Waals surface area contributed by atoms with Crippen LogP contribution in [-0.2, 0) is 16.4 Å². The third kappa shape index (κ3) is 4.72. The lowest BCUT2D eigenvalue weighted by atomic mass is 10.1. The van der Waals surface area contributed by atoms with Gasteiger partial charge in [-0.05, 0) is 36.6 Å². The van der Waals surface area contributed by atoms with Gasteiger partial charge in [0.05, 0.1) is 9.82 Å². The van der Waals surface area contributed by atoms with Crippen molar-refractivity contribution >= 4 is 37.4 Å². The van der Waals surface area contributed by atoms with Crippen molar-refractivity contribution in [2.24, 2.45) is 0 Å². The third-order valence-electron chi connectivity index (χ3n) is 4.27. The maximum atomic E-state index is 13.1. The van der Waals surface area contributed by atoms with Crippen LogP contribution in [0.15, 0.2) is 51.8 Å². The fourth-order valence-electron chi connectivity index (χ4n) is 2.78. The first kappa shape index (κ1) is 19.5. The van der Waals surface area contributed by atoms with E-state index in [1.54, 1.807) is 4.90 Å². The normalized spacial score (nSPS) is 14.0. The van der Waals surface area contributed by atoms with E-state index in [1.807, 2.05) is 24.3 Å². The minimum absolute atomic E-state index is 0.00604. The Morgan fingerprint density at radius 1 is 1.26 bits per heavy atom. The van der Waals surface area contributed by atoms with Gasteiger partial charge in [-0.3, -0.25) is 14.9 Å². The molecular weight excluding hydrogens is 436 g/mol. The van der Waals surface area contributed by atoms with E-state index >= 15 is 0 Å². The van der Waals surface area contributed by atoms with Crippen molar-refractivity contribution in [3.8, 4) is 0 Å². The molecule has 3 rings (SSSR count). The van der Waals surface area contributed by atoms with E-state index in [1.165, 1.54) is 6.07 Å². The predicted molar refractivity (Wildman–Crippen MR) is 103 cm³/mol. The Morgan fingerprint density at radius 2 is 1.96 bits per heavy atom. The van der Waals surface area contributed by atoms with E-state index in [0.717, 1.165) is 41.3 Å². The van der Waals surface area contributed by atoms with Gasteiger partial charge in [-0.25, -0.2) is 8.42 Å². The summed E-state index contributed by atoms with van der Waals surface area (Å²) in [6, 6.07) is 10.9. The summed E-state index contributed by atoms with van der Waals surface area (Å²) in [4.78, 5) is 25.0. The van der Waals surface area contributed by atoms with E-state index in [-0.39, 0.29) is 16.5 Å². The molecule has 0 radical (unpaired) electrons. The van der Waals surface area contributed by atoms with Gasteiger partial charge in [-0.15, -0.1) is 0 Å². The molecule has 2 aromatic rings. The van der Waals surface area contributed by atoms with Crippen LogP contribution >= 0.6 is 15.9 Å². The van der Waals surface area contributed by atoms with Gasteiger partial charge in [0.15, 0.2) is 9.84 Å². The maximum Gasteiger partial charge on any atom is 0.271 e. The number of carbonyl (C=O) groups excluding carboxylic acids is 1. The first-order valence-electron chi connectivity index (χ1n) is 8.20. The molecule has 0 spiro atoms. The molecule has 2 aromatic carbocycles. The van der Waals surface area contributed by atoms with Gasteiger partial charge in [-0.1, -0.05) is 28.1 Å². The average molecular weight is 453 g/mol.